The highest BCUT2D eigenvalue weighted by molar-refractivity contribution is 6.00. The van der Waals surface area contributed by atoms with Gasteiger partial charge in [-0.25, -0.2) is 9.78 Å². The van der Waals surface area contributed by atoms with Crippen molar-refractivity contribution in [2.45, 2.75) is 40.2 Å². The fourth-order valence-electron chi connectivity index (χ4n) is 3.30. The first-order valence-electron chi connectivity index (χ1n) is 8.97. The van der Waals surface area contributed by atoms with Crippen molar-refractivity contribution in [1.29, 1.82) is 0 Å². The monoisotopic (exact) mass is 368 g/mol. The lowest BCUT2D eigenvalue weighted by Gasteiger charge is -2.06. The molecule has 7 nitrogen and oxygen atoms in total. The van der Waals surface area contributed by atoms with E-state index in [1.807, 2.05) is 42.8 Å². The largest absolute Gasteiger partial charge is 0.465 e. The Bertz CT molecular complexity index is 1000. The second-order valence-corrected chi connectivity index (χ2v) is 6.56. The first-order valence-corrected chi connectivity index (χ1v) is 8.97. The van der Waals surface area contributed by atoms with Crippen LogP contribution in [0.25, 0.3) is 5.65 Å². The Balaban J connectivity index is 1.83. The molecular formula is C20H24N4O3. The normalized spacial score (nSPS) is 11.0. The minimum atomic E-state index is -0.429. The van der Waals surface area contributed by atoms with Crippen LogP contribution in [0, 0.1) is 13.8 Å². The van der Waals surface area contributed by atoms with E-state index in [9.17, 15) is 9.59 Å². The number of nitrogens with one attached hydrogen (secondary N) is 2. The number of esters is 1. The lowest BCUT2D eigenvalue weighted by Crippen LogP contribution is -2.24. The Kier molecular flexibility index (Phi) is 5.30. The fourth-order valence-corrected chi connectivity index (χ4v) is 3.30. The van der Waals surface area contributed by atoms with Gasteiger partial charge in [-0.1, -0.05) is 19.4 Å². The van der Waals surface area contributed by atoms with Crippen LogP contribution in [0.5, 0.6) is 0 Å². The Hall–Kier alpha value is -3.09. The number of rotatable bonds is 6. The first-order chi connectivity index (χ1) is 13.0. The third kappa shape index (κ3) is 3.58. The van der Waals surface area contributed by atoms with E-state index in [0.29, 0.717) is 35.5 Å². The standard InChI is InChI=1S/C20H24N4O3/c1-5-7-15-16(20(26)27-4)13(3)22-17(15)19(25)21-10-14-11-24-9-6-8-12(2)18(24)23-14/h6,8-9,11,22H,5,7,10H2,1-4H3,(H,21,25). The smallest absolute Gasteiger partial charge is 0.339 e. The van der Waals surface area contributed by atoms with Crippen molar-refractivity contribution in [2.24, 2.45) is 0 Å². The molecule has 0 saturated carbocycles. The number of hydrogen-bond acceptors (Lipinski definition) is 4. The molecule has 0 aliphatic carbocycles. The predicted octanol–water partition coefficient (Wildman–Crippen LogP) is 2.95. The Labute approximate surface area is 157 Å². The van der Waals surface area contributed by atoms with E-state index >= 15 is 0 Å². The number of ether oxygens (including phenoxy) is 1. The van der Waals surface area contributed by atoms with Crippen molar-refractivity contribution in [1.82, 2.24) is 19.7 Å². The molecule has 0 fully saturated rings. The van der Waals surface area contributed by atoms with E-state index < -0.39 is 5.97 Å². The van der Waals surface area contributed by atoms with Crippen molar-refractivity contribution in [3.8, 4) is 0 Å². The second kappa shape index (κ2) is 7.65. The number of aromatic nitrogens is 3. The van der Waals surface area contributed by atoms with Gasteiger partial charge >= 0.3 is 5.97 Å². The molecule has 2 N–H and O–H groups in total. The van der Waals surface area contributed by atoms with Gasteiger partial charge in [-0.3, -0.25) is 4.79 Å². The molecule has 3 aromatic heterocycles. The Morgan fingerprint density at radius 1 is 1.33 bits per heavy atom. The summed E-state index contributed by atoms with van der Waals surface area (Å²) in [7, 11) is 1.34. The summed E-state index contributed by atoms with van der Waals surface area (Å²) >= 11 is 0. The van der Waals surface area contributed by atoms with Crippen molar-refractivity contribution < 1.29 is 14.3 Å². The highest BCUT2D eigenvalue weighted by Crippen LogP contribution is 2.22. The zero-order valence-electron chi connectivity index (χ0n) is 16.0. The maximum absolute atomic E-state index is 12.7. The van der Waals surface area contributed by atoms with Crippen molar-refractivity contribution in [2.75, 3.05) is 7.11 Å². The van der Waals surface area contributed by atoms with E-state index in [1.54, 1.807) is 6.92 Å². The van der Waals surface area contributed by atoms with Crippen LogP contribution in [0.2, 0.25) is 0 Å². The molecule has 0 spiro atoms. The van der Waals surface area contributed by atoms with Crippen LogP contribution in [-0.2, 0) is 17.7 Å². The topological polar surface area (TPSA) is 88.5 Å². The van der Waals surface area contributed by atoms with E-state index in [2.05, 4.69) is 15.3 Å². The molecule has 0 saturated heterocycles. The molecule has 3 aromatic rings. The molecule has 0 aliphatic heterocycles. The minimum absolute atomic E-state index is 0.259. The van der Waals surface area contributed by atoms with Gasteiger partial charge in [0.15, 0.2) is 0 Å². The maximum Gasteiger partial charge on any atom is 0.339 e. The molecule has 142 valence electrons. The number of fused-ring (bicyclic) bond motifs is 1. The van der Waals surface area contributed by atoms with Gasteiger partial charge in [-0.05, 0) is 37.5 Å². The fraction of sp³-hybridized carbons (Fsp3) is 0.350. The SMILES string of the molecule is CCCc1c(C(=O)NCc2cn3cccc(C)c3n2)[nH]c(C)c1C(=O)OC. The number of nitrogens with zero attached hydrogens (tertiary/aromatic N) is 2. The Morgan fingerprint density at radius 3 is 2.78 bits per heavy atom. The third-order valence-electron chi connectivity index (χ3n) is 4.57. The quantitative estimate of drug-likeness (QED) is 0.655. The van der Waals surface area contributed by atoms with E-state index in [1.165, 1.54) is 7.11 Å². The number of amides is 1. The third-order valence-corrected chi connectivity index (χ3v) is 4.57. The zero-order chi connectivity index (χ0) is 19.6. The highest BCUT2D eigenvalue weighted by atomic mass is 16.5. The van der Waals surface area contributed by atoms with Gasteiger partial charge in [0.05, 0.1) is 24.9 Å². The van der Waals surface area contributed by atoms with Crippen molar-refractivity contribution in [3.63, 3.8) is 0 Å². The van der Waals surface area contributed by atoms with Crippen molar-refractivity contribution >= 4 is 17.5 Å². The predicted molar refractivity (Wildman–Crippen MR) is 102 cm³/mol. The maximum atomic E-state index is 12.7. The molecule has 0 bridgehead atoms. The van der Waals surface area contributed by atoms with Crippen LogP contribution < -0.4 is 5.32 Å². The van der Waals surface area contributed by atoms with Gasteiger partial charge < -0.3 is 19.4 Å². The summed E-state index contributed by atoms with van der Waals surface area (Å²) in [6.45, 7) is 6.08. The van der Waals surface area contributed by atoms with Crippen LogP contribution in [0.15, 0.2) is 24.5 Å². The van der Waals surface area contributed by atoms with Crippen LogP contribution in [0.4, 0.5) is 0 Å². The molecule has 3 heterocycles. The number of methoxy groups -OCH3 is 1. The number of carbonyl (C=O) groups excluding carboxylic acids is 2. The summed E-state index contributed by atoms with van der Waals surface area (Å²) in [6, 6.07) is 3.96. The molecule has 0 radical (unpaired) electrons. The Morgan fingerprint density at radius 2 is 2.11 bits per heavy atom. The van der Waals surface area contributed by atoms with Crippen molar-refractivity contribution in [3.05, 3.63) is 58.3 Å². The van der Waals surface area contributed by atoms with Crippen LogP contribution in [0.1, 0.15) is 56.7 Å². The molecule has 0 aromatic carbocycles. The lowest BCUT2D eigenvalue weighted by molar-refractivity contribution is 0.0599. The molecule has 1 amide bonds. The van der Waals surface area contributed by atoms with Gasteiger partial charge in [0.2, 0.25) is 0 Å². The number of imidazole rings is 1. The summed E-state index contributed by atoms with van der Waals surface area (Å²) in [5.41, 5.74) is 4.91. The minimum Gasteiger partial charge on any atom is -0.465 e. The van der Waals surface area contributed by atoms with Gasteiger partial charge in [0.25, 0.3) is 5.91 Å². The molecule has 7 heteroatoms. The summed E-state index contributed by atoms with van der Waals surface area (Å²) in [4.78, 5) is 32.4. The van der Waals surface area contributed by atoms with Gasteiger partial charge in [0, 0.05) is 18.1 Å². The van der Waals surface area contributed by atoms with E-state index in [0.717, 1.165) is 23.3 Å². The number of hydrogen-bond donors (Lipinski definition) is 2. The van der Waals surface area contributed by atoms with E-state index in [-0.39, 0.29) is 5.91 Å². The van der Waals surface area contributed by atoms with Gasteiger partial charge in [-0.2, -0.15) is 0 Å². The molecule has 27 heavy (non-hydrogen) atoms. The van der Waals surface area contributed by atoms with E-state index in [4.69, 9.17) is 4.74 Å². The van der Waals surface area contributed by atoms with Crippen LogP contribution in [-0.4, -0.2) is 33.4 Å². The summed E-state index contributed by atoms with van der Waals surface area (Å²) in [5, 5.41) is 2.89. The number of pyridine rings is 1. The number of carbonyl (C=O) groups is 2. The molecule has 3 rings (SSSR count). The molecule has 0 atom stereocenters. The number of aryl methyl sites for hydroxylation is 2. The zero-order valence-corrected chi connectivity index (χ0v) is 16.0. The average molecular weight is 368 g/mol. The average Bonchev–Trinajstić information content (AvgIpc) is 3.21. The highest BCUT2D eigenvalue weighted by Gasteiger charge is 2.24. The first kappa shape index (κ1) is 18.7. The number of H-pyrrole nitrogens is 1. The van der Waals surface area contributed by atoms with Crippen LogP contribution >= 0.6 is 0 Å². The molecular weight excluding hydrogens is 344 g/mol. The number of aromatic amines is 1. The molecule has 0 unspecified atom stereocenters. The van der Waals surface area contributed by atoms with Gasteiger partial charge in [-0.15, -0.1) is 0 Å². The van der Waals surface area contributed by atoms with Gasteiger partial charge in [0.1, 0.15) is 11.3 Å². The summed E-state index contributed by atoms with van der Waals surface area (Å²) < 4.78 is 6.81. The van der Waals surface area contributed by atoms with Crippen LogP contribution in [0.3, 0.4) is 0 Å². The molecule has 0 aliphatic rings. The summed E-state index contributed by atoms with van der Waals surface area (Å²) in [5.74, 6) is -0.687. The summed E-state index contributed by atoms with van der Waals surface area (Å²) in [6.07, 6.45) is 5.25. The lowest BCUT2D eigenvalue weighted by atomic mass is 10.0. The second-order valence-electron chi connectivity index (χ2n) is 6.56.